The van der Waals surface area contributed by atoms with E-state index in [0.717, 1.165) is 5.82 Å². The molecule has 0 atom stereocenters. The fourth-order valence-electron chi connectivity index (χ4n) is 3.74. The Morgan fingerprint density at radius 1 is 1.16 bits per heavy atom. The van der Waals surface area contributed by atoms with E-state index in [1.54, 1.807) is 5.10 Å². The van der Waals surface area contributed by atoms with E-state index in [1.165, 1.54) is 51.4 Å². The minimum Gasteiger partial charge on any atom is -0.429 e. The van der Waals surface area contributed by atoms with E-state index in [2.05, 4.69) is 32.6 Å². The molecule has 0 unspecified atom stereocenters. The van der Waals surface area contributed by atoms with Crippen molar-refractivity contribution in [3.05, 3.63) is 11.2 Å². The van der Waals surface area contributed by atoms with Gasteiger partial charge in [0.15, 0.2) is 0 Å². The zero-order valence-corrected chi connectivity index (χ0v) is 14.4. The molecule has 0 aromatic rings. The van der Waals surface area contributed by atoms with E-state index in [-0.39, 0.29) is 0 Å². The lowest BCUT2D eigenvalue weighted by Gasteiger charge is -2.31. The van der Waals surface area contributed by atoms with Gasteiger partial charge < -0.3 is 4.65 Å². The molecule has 0 radical (unpaired) electrons. The molecule has 2 rings (SSSR count). The highest BCUT2D eigenvalue weighted by Gasteiger charge is 2.41. The number of fused-ring (bicyclic) bond motifs is 3. The van der Waals surface area contributed by atoms with Gasteiger partial charge in [0, 0.05) is 6.10 Å². The van der Waals surface area contributed by atoms with Crippen molar-refractivity contribution in [2.45, 2.75) is 89.9 Å². The molecule has 0 spiro atoms. The summed E-state index contributed by atoms with van der Waals surface area (Å²) in [5, 5.41) is 1.72. The highest BCUT2D eigenvalue weighted by atomic mass is 28.3. The molecule has 0 amide bonds. The number of hydrogen-bond donors (Lipinski definition) is 0. The number of rotatable bonds is 4. The summed E-state index contributed by atoms with van der Waals surface area (Å²) in [4.78, 5) is 0. The fraction of sp³-hybridized carbons (Fsp3) is 0.875. The minimum atomic E-state index is -1.26. The van der Waals surface area contributed by atoms with Gasteiger partial charge in [0.2, 0.25) is 0 Å². The Hall–Kier alpha value is -0.0182. The average molecular weight is 278 g/mol. The average Bonchev–Trinajstić information content (AvgIpc) is 2.59. The molecule has 0 aromatic carbocycles. The van der Waals surface area contributed by atoms with Crippen LogP contribution in [0, 0.1) is 0 Å². The summed E-state index contributed by atoms with van der Waals surface area (Å²) < 4.78 is 6.59. The standard InChI is InChI=1S/C16H31BOSi/c1-5-6-13-16(19(2,3)4)17-14-9-7-11-15(18-17)12-8-10-14/h13-15H,5-12H2,1-4H3/b16-13+. The maximum atomic E-state index is 6.59. The smallest absolute Gasteiger partial charge is 0.321 e. The molecule has 0 aromatic heterocycles. The van der Waals surface area contributed by atoms with E-state index in [0.29, 0.717) is 13.0 Å². The zero-order chi connectivity index (χ0) is 13.9. The summed E-state index contributed by atoms with van der Waals surface area (Å²) in [5.74, 6) is 0.808. The van der Waals surface area contributed by atoms with E-state index in [4.69, 9.17) is 4.65 Å². The third-order valence-electron chi connectivity index (χ3n) is 4.79. The van der Waals surface area contributed by atoms with E-state index in [1.807, 2.05) is 0 Å². The summed E-state index contributed by atoms with van der Waals surface area (Å²) in [6.45, 7) is 10.2. The third-order valence-corrected chi connectivity index (χ3v) is 7.02. The summed E-state index contributed by atoms with van der Waals surface area (Å²) in [6, 6.07) is 0. The van der Waals surface area contributed by atoms with Crippen molar-refractivity contribution >= 4 is 15.0 Å². The van der Waals surface area contributed by atoms with E-state index in [9.17, 15) is 0 Å². The van der Waals surface area contributed by atoms with Crippen molar-refractivity contribution in [2.75, 3.05) is 0 Å². The molecular formula is C16H31BOSi. The van der Waals surface area contributed by atoms with Gasteiger partial charge in [-0.25, -0.2) is 0 Å². The molecule has 2 saturated heterocycles. The fourth-order valence-corrected chi connectivity index (χ4v) is 5.65. The van der Waals surface area contributed by atoms with Crippen LogP contribution in [0.15, 0.2) is 11.2 Å². The van der Waals surface area contributed by atoms with Crippen molar-refractivity contribution in [2.24, 2.45) is 0 Å². The van der Waals surface area contributed by atoms with Crippen LogP contribution in [0.25, 0.3) is 0 Å². The predicted molar refractivity (Wildman–Crippen MR) is 88.4 cm³/mol. The van der Waals surface area contributed by atoms with Gasteiger partial charge in [-0.2, -0.15) is 0 Å². The molecule has 2 fully saturated rings. The molecule has 2 aliphatic rings. The van der Waals surface area contributed by atoms with E-state index >= 15 is 0 Å². The number of unbranched alkanes of at least 4 members (excludes halogenated alkanes) is 1. The minimum absolute atomic E-state index is 0.466. The molecule has 0 N–H and O–H groups in total. The summed E-state index contributed by atoms with van der Waals surface area (Å²) in [7, 11) is -1.26. The first-order chi connectivity index (χ1) is 9.02. The molecule has 19 heavy (non-hydrogen) atoms. The Bertz CT molecular complexity index is 311. The molecule has 0 saturated carbocycles. The Kier molecular flexibility index (Phi) is 5.36. The van der Waals surface area contributed by atoms with Crippen molar-refractivity contribution in [1.29, 1.82) is 0 Å². The lowest BCUT2D eigenvalue weighted by molar-refractivity contribution is 0.190. The van der Waals surface area contributed by atoms with Crippen LogP contribution < -0.4 is 0 Å². The first kappa shape index (κ1) is 15.4. The zero-order valence-electron chi connectivity index (χ0n) is 13.4. The van der Waals surface area contributed by atoms with Crippen molar-refractivity contribution in [3.8, 4) is 0 Å². The molecule has 2 bridgehead atoms. The van der Waals surface area contributed by atoms with Crippen molar-refractivity contribution < 1.29 is 4.65 Å². The number of hydrogen-bond acceptors (Lipinski definition) is 1. The molecule has 2 aliphatic heterocycles. The van der Waals surface area contributed by atoms with Gasteiger partial charge in [0.25, 0.3) is 0 Å². The lowest BCUT2D eigenvalue weighted by atomic mass is 9.53. The summed E-state index contributed by atoms with van der Waals surface area (Å²) >= 11 is 0. The topological polar surface area (TPSA) is 9.23 Å². The van der Waals surface area contributed by atoms with Crippen molar-refractivity contribution in [3.63, 3.8) is 0 Å². The van der Waals surface area contributed by atoms with Crippen LogP contribution >= 0.6 is 0 Å². The Labute approximate surface area is 121 Å². The molecular weight excluding hydrogens is 247 g/mol. The van der Waals surface area contributed by atoms with Crippen LogP contribution in [0.1, 0.15) is 58.3 Å². The monoisotopic (exact) mass is 278 g/mol. The molecule has 3 heteroatoms. The first-order valence-electron chi connectivity index (χ1n) is 8.38. The van der Waals surface area contributed by atoms with E-state index < -0.39 is 8.07 Å². The highest BCUT2D eigenvalue weighted by molar-refractivity contribution is 6.96. The third kappa shape index (κ3) is 3.98. The Morgan fingerprint density at radius 3 is 2.32 bits per heavy atom. The quantitative estimate of drug-likeness (QED) is 0.639. The molecule has 1 nitrogen and oxygen atoms in total. The van der Waals surface area contributed by atoms with Crippen LogP contribution in [-0.2, 0) is 4.65 Å². The van der Waals surface area contributed by atoms with Crippen LogP contribution in [0.3, 0.4) is 0 Å². The highest BCUT2D eigenvalue weighted by Crippen LogP contribution is 2.40. The summed E-state index contributed by atoms with van der Waals surface area (Å²) in [6.07, 6.45) is 13.8. The van der Waals surface area contributed by atoms with Gasteiger partial charge in [-0.05, 0) is 25.1 Å². The number of allylic oxidation sites excluding steroid dienone is 1. The normalized spacial score (nSPS) is 29.3. The van der Waals surface area contributed by atoms with Gasteiger partial charge >= 0.3 is 6.92 Å². The first-order valence-corrected chi connectivity index (χ1v) is 11.9. The SMILES string of the molecule is CCC/C=C(\B1OC2CCCC1CCC2)[Si](C)(C)C. The molecule has 108 valence electrons. The largest absolute Gasteiger partial charge is 0.429 e. The Balaban J connectivity index is 2.24. The second-order valence-electron chi connectivity index (χ2n) is 7.50. The van der Waals surface area contributed by atoms with Gasteiger partial charge in [-0.1, -0.05) is 69.8 Å². The van der Waals surface area contributed by atoms with Crippen molar-refractivity contribution in [1.82, 2.24) is 0 Å². The molecule has 0 aliphatic carbocycles. The van der Waals surface area contributed by atoms with Gasteiger partial charge in [0.1, 0.15) is 0 Å². The van der Waals surface area contributed by atoms with Crippen LogP contribution in [0.5, 0.6) is 0 Å². The van der Waals surface area contributed by atoms with Crippen LogP contribution in [0.2, 0.25) is 25.5 Å². The predicted octanol–water partition coefficient (Wildman–Crippen LogP) is 5.24. The van der Waals surface area contributed by atoms with Gasteiger partial charge in [-0.3, -0.25) is 0 Å². The molecule has 2 heterocycles. The second-order valence-corrected chi connectivity index (χ2v) is 12.6. The lowest BCUT2D eigenvalue weighted by Crippen LogP contribution is -2.40. The van der Waals surface area contributed by atoms with Crippen LogP contribution in [-0.4, -0.2) is 21.1 Å². The second kappa shape index (κ2) is 6.62. The van der Waals surface area contributed by atoms with Gasteiger partial charge in [0.05, 0.1) is 8.07 Å². The maximum Gasteiger partial charge on any atom is 0.321 e. The summed E-state index contributed by atoms with van der Waals surface area (Å²) in [5.41, 5.74) is 0. The Morgan fingerprint density at radius 2 is 1.79 bits per heavy atom. The van der Waals surface area contributed by atoms with Crippen LogP contribution in [0.4, 0.5) is 0 Å². The maximum absolute atomic E-state index is 6.59. The van der Waals surface area contributed by atoms with Gasteiger partial charge in [-0.15, -0.1) is 0 Å².